The summed E-state index contributed by atoms with van der Waals surface area (Å²) in [5.74, 6) is -0.844. The number of aliphatic carboxylic acids is 1. The second-order valence-corrected chi connectivity index (χ2v) is 3.05. The molecule has 0 aliphatic carbocycles. The minimum absolute atomic E-state index is 0. The van der Waals surface area contributed by atoms with Crippen LogP contribution in [0.4, 0.5) is 0 Å². The minimum atomic E-state index is -0.844. The highest BCUT2D eigenvalue weighted by atomic mass is 35.5. The molecule has 0 spiro atoms. The van der Waals surface area contributed by atoms with Gasteiger partial charge in [0.2, 0.25) is 0 Å². The second-order valence-electron chi connectivity index (χ2n) is 3.05. The summed E-state index contributed by atoms with van der Waals surface area (Å²) in [5.41, 5.74) is 6.71. The fourth-order valence-electron chi connectivity index (χ4n) is 1.21. The average molecular weight is 216 g/mol. The van der Waals surface area contributed by atoms with Gasteiger partial charge in [0, 0.05) is 6.04 Å². The summed E-state index contributed by atoms with van der Waals surface area (Å²) in [4.78, 5) is 10.3. The summed E-state index contributed by atoms with van der Waals surface area (Å²) in [6.07, 6.45) is 0.641. The van der Waals surface area contributed by atoms with E-state index in [4.69, 9.17) is 10.8 Å². The number of halogens is 1. The Hall–Kier alpha value is -1.06. The summed E-state index contributed by atoms with van der Waals surface area (Å²) in [7, 11) is 0. The predicted octanol–water partition coefficient (Wildman–Crippen LogP) is 1.45. The van der Waals surface area contributed by atoms with Gasteiger partial charge in [-0.2, -0.15) is 0 Å². The first-order valence-corrected chi connectivity index (χ1v) is 4.20. The molecule has 0 aliphatic heterocycles. The van der Waals surface area contributed by atoms with Gasteiger partial charge in [-0.3, -0.25) is 4.79 Å². The number of carboxylic acid groups (broad SMARTS) is 1. The van der Waals surface area contributed by atoms with Crippen molar-refractivity contribution in [3.05, 3.63) is 35.9 Å². The molecular weight excluding hydrogens is 202 g/mol. The van der Waals surface area contributed by atoms with Crippen LogP contribution in [-0.2, 0) is 11.2 Å². The van der Waals surface area contributed by atoms with E-state index in [2.05, 4.69) is 0 Å². The number of benzene rings is 1. The Morgan fingerprint density at radius 3 is 2.43 bits per heavy atom. The summed E-state index contributed by atoms with van der Waals surface area (Å²) < 4.78 is 0. The molecule has 0 unspecified atom stereocenters. The second kappa shape index (κ2) is 6.40. The van der Waals surface area contributed by atoms with Gasteiger partial charge in [0.15, 0.2) is 0 Å². The molecule has 1 atom stereocenters. The normalized spacial score (nSPS) is 11.5. The predicted molar refractivity (Wildman–Crippen MR) is 57.6 cm³/mol. The van der Waals surface area contributed by atoms with Crippen LogP contribution in [0.1, 0.15) is 12.0 Å². The Bertz CT molecular complexity index is 277. The molecule has 1 rings (SSSR count). The Kier molecular flexibility index (Phi) is 5.92. The quantitative estimate of drug-likeness (QED) is 0.799. The monoisotopic (exact) mass is 215 g/mol. The Morgan fingerprint density at radius 1 is 1.36 bits per heavy atom. The number of carboxylic acids is 1. The van der Waals surface area contributed by atoms with Crippen molar-refractivity contribution in [2.24, 2.45) is 5.73 Å². The standard InChI is InChI=1S/C10H13NO2.ClH/c11-9(7-10(12)13)6-8-4-2-1-3-5-8;/h1-5,9H,6-7,11H2,(H,12,13);1H/t9-;/m0./s1. The maximum absolute atomic E-state index is 10.3. The lowest BCUT2D eigenvalue weighted by Crippen LogP contribution is -2.25. The van der Waals surface area contributed by atoms with Crippen LogP contribution in [0.2, 0.25) is 0 Å². The van der Waals surface area contributed by atoms with Crippen LogP contribution >= 0.6 is 12.4 Å². The molecule has 3 N–H and O–H groups in total. The third kappa shape index (κ3) is 4.84. The average Bonchev–Trinajstić information content (AvgIpc) is 2.04. The molecule has 0 saturated carbocycles. The third-order valence-electron chi connectivity index (χ3n) is 1.78. The fraction of sp³-hybridized carbons (Fsp3) is 0.300. The molecule has 78 valence electrons. The van der Waals surface area contributed by atoms with Gasteiger partial charge in [0.1, 0.15) is 0 Å². The van der Waals surface area contributed by atoms with Crippen LogP contribution in [0.25, 0.3) is 0 Å². The SMILES string of the molecule is Cl.N[C@H](CC(=O)O)Cc1ccccc1. The zero-order valence-electron chi connectivity index (χ0n) is 7.72. The van der Waals surface area contributed by atoms with E-state index in [1.807, 2.05) is 30.3 Å². The molecule has 0 heterocycles. The first-order chi connectivity index (χ1) is 6.18. The van der Waals surface area contributed by atoms with Crippen LogP contribution in [0.5, 0.6) is 0 Å². The lowest BCUT2D eigenvalue weighted by molar-refractivity contribution is -0.137. The van der Waals surface area contributed by atoms with E-state index < -0.39 is 5.97 Å². The number of hydrogen-bond acceptors (Lipinski definition) is 2. The third-order valence-corrected chi connectivity index (χ3v) is 1.78. The Morgan fingerprint density at radius 2 is 1.93 bits per heavy atom. The largest absolute Gasteiger partial charge is 0.481 e. The first kappa shape index (κ1) is 12.9. The molecule has 1 aromatic rings. The zero-order chi connectivity index (χ0) is 9.68. The Labute approximate surface area is 89.3 Å². The van der Waals surface area contributed by atoms with E-state index in [1.54, 1.807) is 0 Å². The fourth-order valence-corrected chi connectivity index (χ4v) is 1.21. The van der Waals surface area contributed by atoms with Crippen molar-refractivity contribution in [3.63, 3.8) is 0 Å². The smallest absolute Gasteiger partial charge is 0.304 e. The van der Waals surface area contributed by atoms with Gasteiger partial charge < -0.3 is 10.8 Å². The lowest BCUT2D eigenvalue weighted by Gasteiger charge is -2.07. The molecular formula is C10H14ClNO2. The molecule has 3 nitrogen and oxygen atoms in total. The van der Waals surface area contributed by atoms with Crippen LogP contribution in [0.15, 0.2) is 30.3 Å². The van der Waals surface area contributed by atoms with Crippen molar-refractivity contribution in [3.8, 4) is 0 Å². The van der Waals surface area contributed by atoms with Crippen LogP contribution in [-0.4, -0.2) is 17.1 Å². The zero-order valence-corrected chi connectivity index (χ0v) is 8.54. The van der Waals surface area contributed by atoms with E-state index >= 15 is 0 Å². The minimum Gasteiger partial charge on any atom is -0.481 e. The number of hydrogen-bond donors (Lipinski definition) is 2. The lowest BCUT2D eigenvalue weighted by atomic mass is 10.0. The van der Waals surface area contributed by atoms with Crippen molar-refractivity contribution in [1.29, 1.82) is 0 Å². The van der Waals surface area contributed by atoms with E-state index in [-0.39, 0.29) is 24.9 Å². The molecule has 1 aromatic carbocycles. The summed E-state index contributed by atoms with van der Waals surface area (Å²) in [6.45, 7) is 0. The molecule has 0 aliphatic rings. The van der Waals surface area contributed by atoms with Gasteiger partial charge in [-0.1, -0.05) is 30.3 Å². The van der Waals surface area contributed by atoms with Gasteiger partial charge in [-0.05, 0) is 12.0 Å². The van der Waals surface area contributed by atoms with E-state index in [1.165, 1.54) is 0 Å². The van der Waals surface area contributed by atoms with E-state index in [0.29, 0.717) is 6.42 Å². The maximum atomic E-state index is 10.3. The van der Waals surface area contributed by atoms with Crippen LogP contribution < -0.4 is 5.73 Å². The summed E-state index contributed by atoms with van der Waals surface area (Å²) in [5, 5.41) is 8.48. The highest BCUT2D eigenvalue weighted by Crippen LogP contribution is 2.03. The van der Waals surface area contributed by atoms with E-state index in [9.17, 15) is 4.79 Å². The molecule has 0 aromatic heterocycles. The van der Waals surface area contributed by atoms with Gasteiger partial charge in [0.05, 0.1) is 6.42 Å². The van der Waals surface area contributed by atoms with Gasteiger partial charge >= 0.3 is 5.97 Å². The first-order valence-electron chi connectivity index (χ1n) is 4.20. The molecule has 4 heteroatoms. The summed E-state index contributed by atoms with van der Waals surface area (Å²) in [6, 6.07) is 9.36. The maximum Gasteiger partial charge on any atom is 0.304 e. The van der Waals surface area contributed by atoms with E-state index in [0.717, 1.165) is 5.56 Å². The Balaban J connectivity index is 0.00000169. The molecule has 0 fully saturated rings. The van der Waals surface area contributed by atoms with Gasteiger partial charge in [-0.15, -0.1) is 12.4 Å². The number of rotatable bonds is 4. The van der Waals surface area contributed by atoms with Crippen molar-refractivity contribution < 1.29 is 9.90 Å². The molecule has 0 saturated heterocycles. The molecule has 14 heavy (non-hydrogen) atoms. The van der Waals surface area contributed by atoms with Crippen molar-refractivity contribution in [2.75, 3.05) is 0 Å². The highest BCUT2D eigenvalue weighted by molar-refractivity contribution is 5.85. The molecule has 0 amide bonds. The van der Waals surface area contributed by atoms with Crippen molar-refractivity contribution >= 4 is 18.4 Å². The molecule has 0 radical (unpaired) electrons. The van der Waals surface area contributed by atoms with Crippen LogP contribution in [0, 0.1) is 0 Å². The number of carbonyl (C=O) groups is 1. The van der Waals surface area contributed by atoms with Crippen LogP contribution in [0.3, 0.4) is 0 Å². The topological polar surface area (TPSA) is 63.3 Å². The number of nitrogens with two attached hydrogens (primary N) is 1. The summed E-state index contributed by atoms with van der Waals surface area (Å²) >= 11 is 0. The van der Waals surface area contributed by atoms with Crippen molar-refractivity contribution in [1.82, 2.24) is 0 Å². The van der Waals surface area contributed by atoms with Crippen molar-refractivity contribution in [2.45, 2.75) is 18.9 Å². The van der Waals surface area contributed by atoms with Gasteiger partial charge in [0.25, 0.3) is 0 Å². The molecule has 0 bridgehead atoms. The van der Waals surface area contributed by atoms with Gasteiger partial charge in [-0.25, -0.2) is 0 Å². The highest BCUT2D eigenvalue weighted by Gasteiger charge is 2.07.